The fraction of sp³-hybridized carbons (Fsp3) is 0.889. The zero-order chi connectivity index (χ0) is 105. The number of hydrogen-bond donors (Lipinski definition) is 8. The number of carbonyl (C=O) groups is 8. The molecular weight excluding hydrogens is 1970 g/mol. The predicted molar refractivity (Wildman–Crippen MR) is 446 cm³/mol. The van der Waals surface area contributed by atoms with Gasteiger partial charge in [-0.25, -0.2) is 38.4 Å². The van der Waals surface area contributed by atoms with E-state index in [9.17, 15) is 123 Å². The van der Waals surface area contributed by atoms with Crippen LogP contribution >= 0.6 is 0 Å². The zero-order valence-corrected chi connectivity index (χ0v) is 77.0. The normalized spacial score (nSPS) is 37.5. The van der Waals surface area contributed by atoms with Crippen molar-refractivity contribution < 1.29 is 231 Å². The number of hydrogen-bond acceptors (Lipinski definition) is 48. The van der Waals surface area contributed by atoms with E-state index in [4.69, 9.17) is 152 Å². The number of azide groups is 8. The maximum atomic E-state index is 12.8. The number of nitrogens with zero attached hydrogens (tertiary/aromatic N) is 24. The third-order valence-corrected chi connectivity index (χ3v) is 23.0. The molecule has 72 heteroatoms. The Balaban J connectivity index is 1.30. The molecular formula is C72H104N24O48. The van der Waals surface area contributed by atoms with Crippen molar-refractivity contribution in [1.82, 2.24) is 0 Å². The Morgan fingerprint density at radius 1 is 0.188 bits per heavy atom. The average molecular weight is 2070 g/mol. The summed E-state index contributed by atoms with van der Waals surface area (Å²) in [7, 11) is 8.01. The molecule has 0 aromatic heterocycles. The van der Waals surface area contributed by atoms with Crippen LogP contribution in [0.2, 0.25) is 0 Å². The van der Waals surface area contributed by atoms with Crippen molar-refractivity contribution >= 4 is 47.8 Å². The Morgan fingerprint density at radius 2 is 0.285 bits per heavy atom. The standard InChI is InChI=1S/C72H104N24O48/c1-113-49-41-25(9-81-89-73)129-65(57(49)121-17-33(97)98)138-42-26(10-82-90-74)131-67(59(50(42)114-2)123-19-35(101)102)140-44-28(12-84-92-76)133-69(61(52(44)116-4)125-21-37(105)106)142-46-30(14-86-94-78)135-71(63(54(46)118-6)127-23-39(109)110)144-48-32(16-88-96-80)136-72(64(56(48)120-8)128-24-40(111)112)143-47-31(15-87-95-79)134-70(62(55(47)119-7)126-22-38(107)108)141-45-29(13-85-93-77)132-68(60(53(45)117-5)124-20-36(103)104)139-43-27(11-83-91-75)130-66(137-41)58(51(43)115-3)122-18-34(99)100/h25-32,41-72H,9-24H2,1-8H3,(H,97,98)(H,99,100)(H,101,102)(H,103,104)(H,105,106)(H,107,108)(H,109,110)(H,111,112)/t25-,26-,27-,28-,29-,30-,31-,32-,41-,42-,43-,44-,45-,46-,47-,48-,49+,50+,51+,52+,53+,54+,55+,56+,57-,58-,59-,60-,61-,62-,63-,64-,65-,66-,67-,68-,69-,70-,71-,72-/m1/s1. The van der Waals surface area contributed by atoms with E-state index in [1.54, 1.807) is 0 Å². The first-order valence-electron chi connectivity index (χ1n) is 42.8. The van der Waals surface area contributed by atoms with Gasteiger partial charge >= 0.3 is 47.8 Å². The van der Waals surface area contributed by atoms with Crippen molar-refractivity contribution in [1.29, 1.82) is 0 Å². The van der Waals surface area contributed by atoms with E-state index in [0.29, 0.717) is 0 Å². The average Bonchev–Trinajstić information content (AvgIpc) is 0.755. The number of methoxy groups -OCH3 is 8. The van der Waals surface area contributed by atoms with Crippen LogP contribution in [0.25, 0.3) is 83.5 Å². The third kappa shape index (κ3) is 30.6. The van der Waals surface area contributed by atoms with Gasteiger partial charge in [-0.05, 0) is 44.2 Å². The molecule has 40 atom stereocenters. The molecule has 30 saturated heterocycles. The Kier molecular flexibility index (Phi) is 47.2. The van der Waals surface area contributed by atoms with Gasteiger partial charge in [0.1, 0.15) is 199 Å². The summed E-state index contributed by atoms with van der Waals surface area (Å²) in [5, 5.41) is 112. The third-order valence-electron chi connectivity index (χ3n) is 23.0. The van der Waals surface area contributed by atoms with Gasteiger partial charge < -0.3 is 192 Å². The van der Waals surface area contributed by atoms with Crippen LogP contribution in [0.15, 0.2) is 40.9 Å². The first-order chi connectivity index (χ1) is 69.3. The molecule has 0 aromatic rings. The highest BCUT2D eigenvalue weighted by Gasteiger charge is 2.64. The second-order valence-corrected chi connectivity index (χ2v) is 31.4. The molecule has 800 valence electrons. The summed E-state index contributed by atoms with van der Waals surface area (Å²) < 4.78 is 203. The van der Waals surface area contributed by atoms with E-state index in [0.717, 1.165) is 56.9 Å². The van der Waals surface area contributed by atoms with Crippen LogP contribution in [0.5, 0.6) is 0 Å². The van der Waals surface area contributed by atoms with Gasteiger partial charge in [-0.15, -0.1) is 0 Å². The summed E-state index contributed by atoms with van der Waals surface area (Å²) in [6.07, 6.45) is -79.5. The molecule has 30 aliphatic heterocycles. The van der Waals surface area contributed by atoms with Gasteiger partial charge in [-0.1, -0.05) is 40.9 Å². The molecule has 0 aromatic carbocycles. The quantitative estimate of drug-likeness (QED) is 0.0211. The molecule has 0 radical (unpaired) electrons. The van der Waals surface area contributed by atoms with Crippen LogP contribution in [0, 0.1) is 0 Å². The fourth-order valence-electron chi connectivity index (χ4n) is 17.5. The van der Waals surface area contributed by atoms with Crippen molar-refractivity contribution in [3.63, 3.8) is 0 Å². The molecule has 30 fully saturated rings. The Hall–Kier alpha value is -11.0. The van der Waals surface area contributed by atoms with Crippen molar-refractivity contribution in [2.75, 3.05) is 162 Å². The fourth-order valence-corrected chi connectivity index (χ4v) is 17.5. The molecule has 144 heavy (non-hydrogen) atoms. The van der Waals surface area contributed by atoms with Crippen molar-refractivity contribution in [3.05, 3.63) is 83.5 Å². The summed E-state index contributed by atoms with van der Waals surface area (Å²) in [5.74, 6) is -13.6. The van der Waals surface area contributed by atoms with Crippen LogP contribution in [0.4, 0.5) is 0 Å². The van der Waals surface area contributed by atoms with Gasteiger partial charge in [0.2, 0.25) is 0 Å². The summed E-state index contributed by atoms with van der Waals surface area (Å²) in [5.41, 5.74) is 80.4. The SMILES string of the molecule is CO[C@@H]1[C@@H](OCC(=O)O)[C@H]2O[C@H]3[C@H](OC)[C@@H](OCC(=O)O)[C@@H](O[C@H]4[C@H](OC)[C@@H](OCC(=O)O)[C@@H](O[C@H]5[C@H](OC)[C@@H](OCC(=O)O)[C@@H](O[C@H]6[C@H](OC)[C@@H](OCC(=O)O)[C@@H](O[C@H]7[C@H](OC)[C@@H](OCC(=O)O)[C@@H](O[C@H]8[C@H](OC)[C@@H](OCC(=O)O)[C@@H](O[C@H]9[C@H](OC)[C@@H](OCC(=O)O)[C@@H](O[C@@H]1[C@@H](CN=[N+]=[N-])O2)O[C@@H]9CN=[N+]=[N-])O[C@@H]8CN=[N+]=[N-])O[C@@H]7CN=[N+]=[N-])O[C@@H]6CN=[N+]=[N-])O[C@@H]5CN=[N+]=[N-])O[C@@H]4CN=[N+]=[N-])O[C@@H]3CN=[N+]=[N-]. The molecule has 8 N–H and O–H groups in total. The molecule has 0 unspecified atom stereocenters. The number of carboxylic acid groups (broad SMARTS) is 8. The highest BCUT2D eigenvalue weighted by Crippen LogP contribution is 2.45. The van der Waals surface area contributed by atoms with Gasteiger partial charge in [-0.3, -0.25) is 0 Å². The molecule has 30 heterocycles. The van der Waals surface area contributed by atoms with Crippen LogP contribution in [-0.4, -0.2) is 496 Å². The van der Waals surface area contributed by atoms with Crippen LogP contribution in [-0.2, 0) is 190 Å². The minimum Gasteiger partial charge on any atom is -0.480 e. The summed E-state index contributed by atoms with van der Waals surface area (Å²) in [6, 6.07) is 0. The van der Waals surface area contributed by atoms with E-state index >= 15 is 0 Å². The van der Waals surface area contributed by atoms with Crippen molar-refractivity contribution in [2.24, 2.45) is 40.9 Å². The highest BCUT2D eigenvalue weighted by molar-refractivity contribution is 5.70. The minimum absolute atomic E-state index is 0.888. The number of carboxylic acids is 8. The van der Waals surface area contributed by atoms with Crippen molar-refractivity contribution in [3.8, 4) is 0 Å². The Morgan fingerprint density at radius 3 is 0.361 bits per heavy atom. The lowest BCUT2D eigenvalue weighted by Crippen LogP contribution is -2.70. The van der Waals surface area contributed by atoms with E-state index in [2.05, 4.69) is 80.2 Å². The Bertz CT molecular complexity index is 3810. The minimum atomic E-state index is -2.19. The molecule has 0 amide bonds. The molecule has 0 saturated carbocycles. The lowest BCUT2D eigenvalue weighted by molar-refractivity contribution is -0.406. The zero-order valence-electron chi connectivity index (χ0n) is 77.0. The summed E-state index contributed by atoms with van der Waals surface area (Å²) >= 11 is 0. The molecule has 72 nitrogen and oxygen atoms in total. The van der Waals surface area contributed by atoms with Crippen LogP contribution < -0.4 is 0 Å². The monoisotopic (exact) mass is 2070 g/mol. The molecule has 0 aliphatic carbocycles. The predicted octanol–water partition coefficient (Wildman–Crippen LogP) is -0.758. The lowest BCUT2D eigenvalue weighted by atomic mass is 9.93. The van der Waals surface area contributed by atoms with Gasteiger partial charge in [0.15, 0.2) is 50.3 Å². The van der Waals surface area contributed by atoms with Gasteiger partial charge in [-0.2, -0.15) is 0 Å². The number of rotatable bonds is 48. The van der Waals surface area contributed by atoms with Gasteiger partial charge in [0.05, 0.1) is 101 Å². The van der Waals surface area contributed by atoms with Gasteiger partial charge in [0, 0.05) is 96.2 Å². The van der Waals surface area contributed by atoms with Gasteiger partial charge in [0.25, 0.3) is 0 Å². The number of aliphatic carboxylic acids is 8. The first kappa shape index (κ1) is 117. The van der Waals surface area contributed by atoms with E-state index in [1.165, 1.54) is 0 Å². The second kappa shape index (κ2) is 58.3. The topological polar surface area (TPSA) is 984 Å². The van der Waals surface area contributed by atoms with E-state index in [1.807, 2.05) is 0 Å². The van der Waals surface area contributed by atoms with Crippen molar-refractivity contribution in [2.45, 2.75) is 246 Å². The second-order valence-electron chi connectivity index (χ2n) is 31.4. The summed E-state index contributed by atoms with van der Waals surface area (Å²) in [6.45, 7) is -17.5. The van der Waals surface area contributed by atoms with E-state index < -0.39 is 399 Å². The maximum Gasteiger partial charge on any atom is 0.329 e. The highest BCUT2D eigenvalue weighted by atomic mass is 16.8. The largest absolute Gasteiger partial charge is 0.480 e. The molecule has 16 bridgehead atoms. The maximum absolute atomic E-state index is 12.8. The molecule has 0 spiro atoms. The van der Waals surface area contributed by atoms with Crippen LogP contribution in [0.3, 0.4) is 0 Å². The Labute approximate surface area is 808 Å². The van der Waals surface area contributed by atoms with E-state index in [-0.39, 0.29) is 0 Å². The van der Waals surface area contributed by atoms with Crippen LogP contribution in [0.1, 0.15) is 0 Å². The first-order valence-corrected chi connectivity index (χ1v) is 42.8. The number of ether oxygens (including phenoxy) is 32. The lowest BCUT2D eigenvalue weighted by Gasteiger charge is -2.53. The molecule has 30 aliphatic rings. The summed E-state index contributed by atoms with van der Waals surface area (Å²) in [4.78, 5) is 125. The smallest absolute Gasteiger partial charge is 0.329 e. The molecule has 30 rings (SSSR count).